The Bertz CT molecular complexity index is 821. The molecule has 0 saturated heterocycles. The first-order valence-electron chi connectivity index (χ1n) is 6.84. The number of benzene rings is 1. The molecule has 1 aliphatic rings. The van der Waals surface area contributed by atoms with E-state index in [4.69, 9.17) is 4.74 Å². The maximum absolute atomic E-state index is 12.1. The minimum atomic E-state index is -4.78. The molecular formula is C13H10F3N3O5S. The molecule has 2 unspecified atom stereocenters. The third-order valence-electron chi connectivity index (χ3n) is 3.22. The average molecular weight is 377 g/mol. The summed E-state index contributed by atoms with van der Waals surface area (Å²) in [5.74, 6) is -0.471. The van der Waals surface area contributed by atoms with Gasteiger partial charge in [-0.25, -0.2) is 4.21 Å². The summed E-state index contributed by atoms with van der Waals surface area (Å²) in [6, 6.07) is 4.76. The van der Waals surface area contributed by atoms with E-state index < -0.39 is 34.0 Å². The van der Waals surface area contributed by atoms with Crippen LogP contribution in [0.5, 0.6) is 11.5 Å². The van der Waals surface area contributed by atoms with Crippen LogP contribution in [0.1, 0.15) is 0 Å². The molecule has 0 fully saturated rings. The van der Waals surface area contributed by atoms with Crippen LogP contribution in [-0.4, -0.2) is 36.9 Å². The van der Waals surface area contributed by atoms with E-state index in [1.807, 2.05) is 0 Å². The molecule has 0 bridgehead atoms. The average Bonchev–Trinajstić information content (AvgIpc) is 2.93. The number of nitrogens with zero attached hydrogens (tertiary/aromatic N) is 3. The van der Waals surface area contributed by atoms with Crippen LogP contribution in [0.15, 0.2) is 35.6 Å². The van der Waals surface area contributed by atoms with E-state index in [0.717, 1.165) is 12.1 Å². The Morgan fingerprint density at radius 1 is 1.28 bits per heavy atom. The van der Waals surface area contributed by atoms with Gasteiger partial charge < -0.3 is 19.6 Å². The van der Waals surface area contributed by atoms with Crippen LogP contribution in [0.25, 0.3) is 0 Å². The molecule has 0 amide bonds. The van der Waals surface area contributed by atoms with Crippen molar-refractivity contribution in [1.82, 2.24) is 9.55 Å². The number of imidazole rings is 1. The molecule has 0 spiro atoms. The van der Waals surface area contributed by atoms with Crippen molar-refractivity contribution in [3.63, 3.8) is 0 Å². The molecule has 8 nitrogen and oxygen atoms in total. The molecule has 2 heterocycles. The monoisotopic (exact) mass is 377 g/mol. The zero-order valence-electron chi connectivity index (χ0n) is 12.3. The first-order valence-corrected chi connectivity index (χ1v) is 8.15. The molecule has 134 valence electrons. The predicted molar refractivity (Wildman–Crippen MR) is 77.7 cm³/mol. The number of hydrogen-bond acceptors (Lipinski definition) is 6. The molecule has 2 aromatic rings. The van der Waals surface area contributed by atoms with E-state index in [1.54, 1.807) is 0 Å². The topological polar surface area (TPSA) is 96.5 Å². The van der Waals surface area contributed by atoms with E-state index in [1.165, 1.54) is 22.9 Å². The van der Waals surface area contributed by atoms with E-state index in [2.05, 4.69) is 9.72 Å². The van der Waals surface area contributed by atoms with E-state index in [-0.39, 0.29) is 29.0 Å². The van der Waals surface area contributed by atoms with Gasteiger partial charge in [0.1, 0.15) is 34.6 Å². The molecule has 3 rings (SSSR count). The maximum atomic E-state index is 12.1. The predicted octanol–water partition coefficient (Wildman–Crippen LogP) is 2.26. The van der Waals surface area contributed by atoms with Crippen molar-refractivity contribution in [2.24, 2.45) is 0 Å². The first kappa shape index (κ1) is 17.2. The number of rotatable bonds is 4. The Hall–Kier alpha value is -2.63. The fourth-order valence-corrected chi connectivity index (χ4v) is 3.53. The smallest absolute Gasteiger partial charge is 0.488 e. The highest BCUT2D eigenvalue weighted by Crippen LogP contribution is 2.27. The van der Waals surface area contributed by atoms with Crippen LogP contribution < -0.4 is 9.47 Å². The summed E-state index contributed by atoms with van der Waals surface area (Å²) in [5, 5.41) is 10.8. The van der Waals surface area contributed by atoms with Gasteiger partial charge >= 0.3 is 17.3 Å². The van der Waals surface area contributed by atoms with Crippen molar-refractivity contribution in [3.05, 3.63) is 40.6 Å². The summed E-state index contributed by atoms with van der Waals surface area (Å²) in [5.41, 5.74) is 0. The van der Waals surface area contributed by atoms with Gasteiger partial charge in [-0.2, -0.15) is 0 Å². The lowest BCUT2D eigenvalue weighted by Gasteiger charge is -2.22. The zero-order chi connectivity index (χ0) is 18.2. The first-order chi connectivity index (χ1) is 11.7. The number of fused-ring (bicyclic) bond motifs is 1. The van der Waals surface area contributed by atoms with Crippen LogP contribution in [0, 0.1) is 10.1 Å². The molecule has 1 aromatic heterocycles. The third kappa shape index (κ3) is 4.07. The Morgan fingerprint density at radius 3 is 2.52 bits per heavy atom. The van der Waals surface area contributed by atoms with Crippen LogP contribution in [0.2, 0.25) is 0 Å². The fourth-order valence-electron chi connectivity index (χ4n) is 2.29. The van der Waals surface area contributed by atoms with Crippen LogP contribution in [-0.2, 0) is 17.3 Å². The summed E-state index contributed by atoms with van der Waals surface area (Å²) < 4.78 is 59.2. The summed E-state index contributed by atoms with van der Waals surface area (Å²) in [4.78, 5) is 13.8. The minimum absolute atomic E-state index is 0.0645. The molecule has 12 heteroatoms. The molecule has 1 aromatic carbocycles. The molecule has 25 heavy (non-hydrogen) atoms. The Balaban J connectivity index is 1.69. The third-order valence-corrected chi connectivity index (χ3v) is 4.62. The van der Waals surface area contributed by atoms with Gasteiger partial charge in [-0.05, 0) is 34.2 Å². The minimum Gasteiger partial charge on any atom is -0.488 e. The normalized spacial score (nSPS) is 20.0. The second-order valence-electron chi connectivity index (χ2n) is 5.06. The number of aromatic nitrogens is 2. The highest BCUT2D eigenvalue weighted by Gasteiger charge is 2.33. The van der Waals surface area contributed by atoms with Gasteiger partial charge in [0, 0.05) is 0 Å². The molecular weight excluding hydrogens is 367 g/mol. The maximum Gasteiger partial charge on any atom is 0.573 e. The van der Waals surface area contributed by atoms with Gasteiger partial charge in [-0.3, -0.25) is 4.57 Å². The van der Waals surface area contributed by atoms with Gasteiger partial charge in [0.05, 0.1) is 12.3 Å². The quantitative estimate of drug-likeness (QED) is 0.599. The summed E-state index contributed by atoms with van der Waals surface area (Å²) >= 11 is 0. The molecule has 0 aliphatic carbocycles. The van der Waals surface area contributed by atoms with Crippen molar-refractivity contribution in [2.75, 3.05) is 5.75 Å². The number of nitro groups is 1. The number of halogens is 3. The number of ether oxygens (including phenoxy) is 2. The van der Waals surface area contributed by atoms with Gasteiger partial charge in [-0.1, -0.05) is 0 Å². The van der Waals surface area contributed by atoms with E-state index in [9.17, 15) is 27.5 Å². The largest absolute Gasteiger partial charge is 0.573 e. The SMILES string of the molecule is O=[N+]([O-])c1cn2c(n1)S(=O)CC(Oc1ccc(OC(F)(F)F)cc1)C2. The van der Waals surface area contributed by atoms with Crippen molar-refractivity contribution >= 4 is 16.6 Å². The number of alkyl halides is 3. The Morgan fingerprint density at radius 2 is 1.92 bits per heavy atom. The number of hydrogen-bond donors (Lipinski definition) is 0. The lowest BCUT2D eigenvalue weighted by Crippen LogP contribution is -2.34. The molecule has 2 atom stereocenters. The van der Waals surface area contributed by atoms with Crippen LogP contribution in [0.4, 0.5) is 19.0 Å². The van der Waals surface area contributed by atoms with Gasteiger partial charge in [0.2, 0.25) is 0 Å². The van der Waals surface area contributed by atoms with Crippen LogP contribution in [0.3, 0.4) is 0 Å². The standard InChI is InChI=1S/C13H10F3N3O5S/c14-13(15,16)24-9-3-1-8(2-4-9)23-10-5-18-6-11(19(20)21)17-12(18)25(22)7-10/h1-4,6,10H,5,7H2. The van der Waals surface area contributed by atoms with Crippen LogP contribution >= 0.6 is 0 Å². The lowest BCUT2D eigenvalue weighted by molar-refractivity contribution is -0.389. The zero-order valence-corrected chi connectivity index (χ0v) is 13.1. The fraction of sp³-hybridized carbons (Fsp3) is 0.308. The lowest BCUT2D eigenvalue weighted by atomic mass is 10.3. The van der Waals surface area contributed by atoms with Crippen molar-refractivity contribution < 1.29 is 31.8 Å². The van der Waals surface area contributed by atoms with Gasteiger partial charge in [0.25, 0.3) is 0 Å². The molecule has 0 saturated carbocycles. The second kappa shape index (κ2) is 6.35. The second-order valence-corrected chi connectivity index (χ2v) is 6.45. The summed E-state index contributed by atoms with van der Waals surface area (Å²) in [6.07, 6.45) is -4.19. The van der Waals surface area contributed by atoms with Gasteiger partial charge in [-0.15, -0.1) is 13.2 Å². The van der Waals surface area contributed by atoms with Crippen molar-refractivity contribution in [2.45, 2.75) is 24.2 Å². The van der Waals surface area contributed by atoms with Crippen molar-refractivity contribution in [3.8, 4) is 11.5 Å². The molecule has 0 N–H and O–H groups in total. The highest BCUT2D eigenvalue weighted by molar-refractivity contribution is 7.84. The molecule has 0 radical (unpaired) electrons. The summed E-state index contributed by atoms with van der Waals surface area (Å²) in [7, 11) is -1.58. The van der Waals surface area contributed by atoms with E-state index >= 15 is 0 Å². The Labute approximate surface area is 140 Å². The van der Waals surface area contributed by atoms with E-state index in [0.29, 0.717) is 0 Å². The van der Waals surface area contributed by atoms with Gasteiger partial charge in [0.15, 0.2) is 0 Å². The Kier molecular flexibility index (Phi) is 4.37. The molecule has 1 aliphatic heterocycles. The highest BCUT2D eigenvalue weighted by atomic mass is 32.2. The van der Waals surface area contributed by atoms with Crippen molar-refractivity contribution in [1.29, 1.82) is 0 Å². The summed E-state index contributed by atoms with van der Waals surface area (Å²) in [6.45, 7) is 0.183.